The van der Waals surface area contributed by atoms with Crippen LogP contribution < -0.4 is 16.4 Å². The van der Waals surface area contributed by atoms with E-state index in [4.69, 9.17) is 10.5 Å². The van der Waals surface area contributed by atoms with E-state index in [1.165, 1.54) is 23.3 Å². The molecule has 0 spiro atoms. The van der Waals surface area contributed by atoms with Crippen LogP contribution in [-0.4, -0.2) is 87.8 Å². The summed E-state index contributed by atoms with van der Waals surface area (Å²) < 4.78 is 50.5. The van der Waals surface area contributed by atoms with Gasteiger partial charge >= 0.3 is 6.18 Å². The normalized spacial score (nSPS) is 17.6. The van der Waals surface area contributed by atoms with Crippen LogP contribution in [0.5, 0.6) is 0 Å². The summed E-state index contributed by atoms with van der Waals surface area (Å²) in [4.78, 5) is 39.8. The standard InChI is InChI=1S/C44H43F3N10O5S/c1-2-49-42(61)37-35(59)36(60)43(62-37)57-24-53-33-40(51-23-52-41(33)57)50-19-8-3-4-9-20-56-22-30(54-55-56)25-15-17-27(18-16-25)38-31(28-13-10-14-29(21-28)44(45,46)47)32(39(48)63-38)34(58)26-11-6-5-7-12-26/h5-7,10-18,21-24,35-37,43,59-60H,2-4,8-9,19-20,48H2,1H3,(H,49,61)(H,50,51,52)/t35-,36+,37-,43+/m0/s1. The number of nitrogens with one attached hydrogen (secondary N) is 2. The fraction of sp³-hybridized carbons (Fsp3) is 0.295. The zero-order valence-electron chi connectivity index (χ0n) is 33.9. The number of carbonyl (C=O) groups excluding carboxylic acids is 2. The first-order chi connectivity index (χ1) is 30.4. The summed E-state index contributed by atoms with van der Waals surface area (Å²) in [5.74, 6) is -0.386. The van der Waals surface area contributed by atoms with Crippen molar-refractivity contribution < 1.29 is 37.7 Å². The monoisotopic (exact) mass is 880 g/mol. The molecule has 0 unspecified atom stereocenters. The molecule has 1 aliphatic heterocycles. The van der Waals surface area contributed by atoms with Crippen LogP contribution in [0.25, 0.3) is 44.0 Å². The fourth-order valence-corrected chi connectivity index (χ4v) is 8.67. The summed E-state index contributed by atoms with van der Waals surface area (Å²) in [6.07, 6.45) is -1.44. The van der Waals surface area contributed by atoms with Crippen LogP contribution in [-0.2, 0) is 22.3 Å². The Labute approximate surface area is 362 Å². The summed E-state index contributed by atoms with van der Waals surface area (Å²) in [5, 5.41) is 35.9. The number of nitrogens with zero attached hydrogens (tertiary/aromatic N) is 7. The molecule has 8 rings (SSSR count). The molecule has 3 aromatic carbocycles. The van der Waals surface area contributed by atoms with Crippen molar-refractivity contribution in [2.75, 3.05) is 24.1 Å². The summed E-state index contributed by atoms with van der Waals surface area (Å²) in [7, 11) is 0. The van der Waals surface area contributed by atoms with Crippen molar-refractivity contribution in [2.24, 2.45) is 0 Å². The smallest absolute Gasteiger partial charge is 0.390 e. The fourth-order valence-electron chi connectivity index (χ4n) is 7.58. The van der Waals surface area contributed by atoms with Crippen LogP contribution in [0.1, 0.15) is 60.3 Å². The quantitative estimate of drug-likeness (QED) is 0.0505. The lowest BCUT2D eigenvalue weighted by Crippen LogP contribution is -2.42. The number of halogens is 3. The number of unbranched alkanes of at least 4 members (excludes halogenated alkanes) is 3. The Kier molecular flexibility index (Phi) is 12.6. The lowest BCUT2D eigenvalue weighted by atomic mass is 9.92. The number of aliphatic hydroxyl groups is 2. The summed E-state index contributed by atoms with van der Waals surface area (Å²) in [6, 6.07) is 20.8. The highest BCUT2D eigenvalue weighted by molar-refractivity contribution is 7.20. The Morgan fingerprint density at radius 3 is 2.43 bits per heavy atom. The van der Waals surface area contributed by atoms with Gasteiger partial charge in [0.25, 0.3) is 5.91 Å². The van der Waals surface area contributed by atoms with E-state index in [1.807, 2.05) is 30.5 Å². The Balaban J connectivity index is 0.869. The average Bonchev–Trinajstić information content (AvgIpc) is 4.08. The molecular weight excluding hydrogens is 838 g/mol. The van der Waals surface area contributed by atoms with E-state index in [9.17, 15) is 33.0 Å². The third-order valence-electron chi connectivity index (χ3n) is 10.7. The molecule has 15 nitrogen and oxygen atoms in total. The number of imidazole rings is 1. The molecule has 1 saturated heterocycles. The number of ketones is 1. The van der Waals surface area contributed by atoms with E-state index in [1.54, 1.807) is 48.0 Å². The molecule has 0 bridgehead atoms. The molecule has 0 saturated carbocycles. The molecule has 7 aromatic rings. The number of nitrogen functional groups attached to an aromatic ring is 1. The number of ether oxygens (including phenoxy) is 1. The Bertz CT molecular complexity index is 2720. The van der Waals surface area contributed by atoms with Gasteiger partial charge in [-0.15, -0.1) is 16.4 Å². The van der Waals surface area contributed by atoms with E-state index >= 15 is 0 Å². The third kappa shape index (κ3) is 9.03. The molecule has 4 atom stereocenters. The highest BCUT2D eigenvalue weighted by atomic mass is 32.1. The molecule has 4 aromatic heterocycles. The number of amides is 1. The van der Waals surface area contributed by atoms with Crippen LogP contribution in [0.4, 0.5) is 24.0 Å². The molecule has 326 valence electrons. The summed E-state index contributed by atoms with van der Waals surface area (Å²) >= 11 is 1.15. The first-order valence-electron chi connectivity index (χ1n) is 20.3. The number of carbonyl (C=O) groups is 2. The number of hydrogen-bond acceptors (Lipinski definition) is 13. The first kappa shape index (κ1) is 43.1. The van der Waals surface area contributed by atoms with Gasteiger partial charge in [-0.3, -0.25) is 18.8 Å². The maximum Gasteiger partial charge on any atom is 0.416 e. The van der Waals surface area contributed by atoms with Gasteiger partial charge in [-0.1, -0.05) is 84.8 Å². The number of benzene rings is 3. The molecule has 1 fully saturated rings. The van der Waals surface area contributed by atoms with Crippen molar-refractivity contribution in [2.45, 2.75) is 69.9 Å². The minimum Gasteiger partial charge on any atom is -0.390 e. The van der Waals surface area contributed by atoms with Crippen molar-refractivity contribution in [3.63, 3.8) is 0 Å². The number of aliphatic hydroxyl groups excluding tert-OH is 2. The number of hydrogen-bond donors (Lipinski definition) is 5. The van der Waals surface area contributed by atoms with Crippen molar-refractivity contribution in [3.05, 3.63) is 114 Å². The largest absolute Gasteiger partial charge is 0.416 e. The number of thiophene rings is 1. The van der Waals surface area contributed by atoms with Crippen LogP contribution >= 0.6 is 11.3 Å². The molecule has 19 heteroatoms. The maximum atomic E-state index is 13.8. The Morgan fingerprint density at radius 1 is 0.905 bits per heavy atom. The van der Waals surface area contributed by atoms with Gasteiger partial charge in [-0.05, 0) is 43.0 Å². The molecule has 6 N–H and O–H groups in total. The molecule has 1 aliphatic rings. The topological polar surface area (TPSA) is 208 Å². The van der Waals surface area contributed by atoms with Gasteiger partial charge < -0.3 is 31.3 Å². The van der Waals surface area contributed by atoms with Crippen molar-refractivity contribution in [3.8, 4) is 32.8 Å². The lowest BCUT2D eigenvalue weighted by molar-refractivity contribution is -0.138. The van der Waals surface area contributed by atoms with E-state index in [-0.39, 0.29) is 21.9 Å². The summed E-state index contributed by atoms with van der Waals surface area (Å²) in [6.45, 7) is 3.37. The zero-order chi connectivity index (χ0) is 44.3. The summed E-state index contributed by atoms with van der Waals surface area (Å²) in [5.41, 5.74) is 9.74. The number of aryl methyl sites for hydroxylation is 1. The molecule has 0 radical (unpaired) electrons. The predicted molar refractivity (Wildman–Crippen MR) is 230 cm³/mol. The molecule has 0 aliphatic carbocycles. The SMILES string of the molecule is CCNC(=O)[C@H]1O[C@@H](n2cnc3c(NCCCCCCn4cc(-c5ccc(-c6sc(N)c(C(=O)c7ccccc7)c6-c6cccc(C(F)(F)F)c6)cc5)nn4)ncnc32)[C@H](O)[C@@H]1O. The third-order valence-corrected chi connectivity index (χ3v) is 11.8. The first-order valence-corrected chi connectivity index (χ1v) is 21.2. The van der Waals surface area contributed by atoms with E-state index in [2.05, 4.69) is 35.9 Å². The molecule has 1 amide bonds. The number of fused-ring (bicyclic) bond motifs is 1. The van der Waals surface area contributed by atoms with Crippen LogP contribution in [0.15, 0.2) is 97.7 Å². The molecule has 63 heavy (non-hydrogen) atoms. The van der Waals surface area contributed by atoms with Gasteiger partial charge in [-0.25, -0.2) is 15.0 Å². The minimum absolute atomic E-state index is 0.162. The Morgan fingerprint density at radius 2 is 1.67 bits per heavy atom. The van der Waals surface area contributed by atoms with Gasteiger partial charge in [0.2, 0.25) is 0 Å². The minimum atomic E-state index is -4.58. The van der Waals surface area contributed by atoms with Gasteiger partial charge in [0, 0.05) is 41.2 Å². The van der Waals surface area contributed by atoms with Crippen molar-refractivity contribution >= 4 is 45.0 Å². The van der Waals surface area contributed by atoms with E-state index in [0.717, 1.165) is 54.7 Å². The van der Waals surface area contributed by atoms with E-state index in [0.29, 0.717) is 63.9 Å². The lowest BCUT2D eigenvalue weighted by Gasteiger charge is -2.16. The van der Waals surface area contributed by atoms with Gasteiger partial charge in [0.15, 0.2) is 35.1 Å². The highest BCUT2D eigenvalue weighted by Crippen LogP contribution is 2.47. The highest BCUT2D eigenvalue weighted by Gasteiger charge is 2.47. The number of likely N-dealkylation sites (N-methyl/N-ethyl adjacent to an activating group) is 1. The maximum absolute atomic E-state index is 13.8. The number of nitrogens with two attached hydrogens (primary N) is 1. The molecular formula is C44H43F3N10O5S. The molecule has 5 heterocycles. The number of alkyl halides is 3. The number of anilines is 2. The van der Waals surface area contributed by atoms with Crippen molar-refractivity contribution in [1.82, 2.24) is 39.8 Å². The Hall–Kier alpha value is -6.54. The number of rotatable bonds is 16. The average molecular weight is 881 g/mol. The zero-order valence-corrected chi connectivity index (χ0v) is 34.7. The second kappa shape index (κ2) is 18.4. The van der Waals surface area contributed by atoms with Gasteiger partial charge in [0.1, 0.15) is 24.2 Å². The second-order valence-electron chi connectivity index (χ2n) is 15.0. The van der Waals surface area contributed by atoms with Crippen LogP contribution in [0, 0.1) is 0 Å². The van der Waals surface area contributed by atoms with Crippen LogP contribution in [0.2, 0.25) is 0 Å². The predicted octanol–water partition coefficient (Wildman–Crippen LogP) is 6.74. The second-order valence-corrected chi connectivity index (χ2v) is 16.0. The number of aromatic nitrogens is 7. The van der Waals surface area contributed by atoms with E-state index < -0.39 is 42.2 Å². The van der Waals surface area contributed by atoms with Crippen molar-refractivity contribution in [1.29, 1.82) is 0 Å². The van der Waals surface area contributed by atoms with Gasteiger partial charge in [0.05, 0.1) is 28.7 Å². The van der Waals surface area contributed by atoms with Gasteiger partial charge in [-0.2, -0.15) is 13.2 Å². The van der Waals surface area contributed by atoms with Crippen LogP contribution in [0.3, 0.4) is 0 Å².